The zero-order valence-corrected chi connectivity index (χ0v) is 9.72. The fourth-order valence-electron chi connectivity index (χ4n) is 1.58. The van der Waals surface area contributed by atoms with Crippen LogP contribution in [0.2, 0.25) is 0 Å². The van der Waals surface area contributed by atoms with Crippen LogP contribution < -0.4 is 15.1 Å². The molecule has 0 radical (unpaired) electrons. The van der Waals surface area contributed by atoms with Gasteiger partial charge in [-0.05, 0) is 12.1 Å². The molecular weight excluding hydrogens is 240 g/mol. The highest BCUT2D eigenvalue weighted by atomic mass is 16.5. The molecule has 0 saturated heterocycles. The Morgan fingerprint density at radius 3 is 2.72 bits per heavy atom. The zero-order chi connectivity index (χ0) is 13.3. The molecule has 0 spiro atoms. The third-order valence-electron chi connectivity index (χ3n) is 2.29. The Bertz CT molecular complexity index is 670. The topological polar surface area (TPSA) is 86.0 Å². The second-order valence-electron chi connectivity index (χ2n) is 3.50. The van der Waals surface area contributed by atoms with E-state index in [2.05, 4.69) is 0 Å². The van der Waals surface area contributed by atoms with Crippen LogP contribution in [0, 0.1) is 0 Å². The SMILES string of the molecule is COc1c(O)c2cccc(OC(C)=O)c2oc1=O. The number of hydrogen-bond acceptors (Lipinski definition) is 6. The van der Waals surface area contributed by atoms with Crippen LogP contribution in [0.3, 0.4) is 0 Å². The lowest BCUT2D eigenvalue weighted by Gasteiger charge is -2.07. The lowest BCUT2D eigenvalue weighted by Crippen LogP contribution is -2.06. The van der Waals surface area contributed by atoms with Gasteiger partial charge in [0.05, 0.1) is 12.5 Å². The van der Waals surface area contributed by atoms with Crippen molar-refractivity contribution in [3.05, 3.63) is 28.6 Å². The average Bonchev–Trinajstić information content (AvgIpc) is 2.30. The minimum atomic E-state index is -0.845. The molecule has 2 rings (SSSR count). The molecule has 0 amide bonds. The van der Waals surface area contributed by atoms with Gasteiger partial charge in [-0.25, -0.2) is 4.79 Å². The quantitative estimate of drug-likeness (QED) is 0.493. The second-order valence-corrected chi connectivity index (χ2v) is 3.50. The molecule has 1 aromatic heterocycles. The molecule has 0 fully saturated rings. The van der Waals surface area contributed by atoms with E-state index in [4.69, 9.17) is 13.9 Å². The Kier molecular flexibility index (Phi) is 2.93. The first-order valence-electron chi connectivity index (χ1n) is 5.05. The third-order valence-corrected chi connectivity index (χ3v) is 2.29. The van der Waals surface area contributed by atoms with Crippen molar-refractivity contribution in [1.29, 1.82) is 0 Å². The van der Waals surface area contributed by atoms with Gasteiger partial charge in [-0.3, -0.25) is 4.79 Å². The van der Waals surface area contributed by atoms with Crippen molar-refractivity contribution < 1.29 is 23.8 Å². The minimum Gasteiger partial charge on any atom is -0.504 e. The molecule has 0 aliphatic heterocycles. The number of methoxy groups -OCH3 is 1. The Labute approximate surface area is 101 Å². The highest BCUT2D eigenvalue weighted by Crippen LogP contribution is 2.35. The number of fused-ring (bicyclic) bond motifs is 1. The summed E-state index contributed by atoms with van der Waals surface area (Å²) in [4.78, 5) is 22.5. The number of benzene rings is 1. The fraction of sp³-hybridized carbons (Fsp3) is 0.167. The van der Waals surface area contributed by atoms with Gasteiger partial charge in [0.1, 0.15) is 0 Å². The molecular formula is C12H10O6. The van der Waals surface area contributed by atoms with Crippen molar-refractivity contribution in [1.82, 2.24) is 0 Å². The summed E-state index contributed by atoms with van der Waals surface area (Å²) < 4.78 is 14.6. The molecule has 6 nitrogen and oxygen atoms in total. The monoisotopic (exact) mass is 250 g/mol. The van der Waals surface area contributed by atoms with E-state index in [1.165, 1.54) is 26.2 Å². The standard InChI is InChI=1S/C12H10O6/c1-6(13)17-8-5-3-4-7-9(14)11(16-2)12(15)18-10(7)8/h3-5,14H,1-2H3. The number of ether oxygens (including phenoxy) is 2. The van der Waals surface area contributed by atoms with Crippen molar-refractivity contribution in [3.63, 3.8) is 0 Å². The van der Waals surface area contributed by atoms with Crippen LogP contribution in [-0.2, 0) is 4.79 Å². The van der Waals surface area contributed by atoms with Gasteiger partial charge in [-0.1, -0.05) is 6.07 Å². The van der Waals surface area contributed by atoms with Crippen LogP contribution in [0.15, 0.2) is 27.4 Å². The molecule has 0 saturated carbocycles. The number of aromatic hydroxyl groups is 1. The van der Waals surface area contributed by atoms with E-state index in [1.807, 2.05) is 0 Å². The van der Waals surface area contributed by atoms with E-state index < -0.39 is 11.6 Å². The number of hydrogen-bond donors (Lipinski definition) is 1. The van der Waals surface area contributed by atoms with Crippen LogP contribution in [0.4, 0.5) is 0 Å². The Hall–Kier alpha value is -2.50. The molecule has 94 valence electrons. The summed E-state index contributed by atoms with van der Waals surface area (Å²) in [5.41, 5.74) is -0.849. The Morgan fingerprint density at radius 1 is 1.39 bits per heavy atom. The smallest absolute Gasteiger partial charge is 0.383 e. The zero-order valence-electron chi connectivity index (χ0n) is 9.72. The normalized spacial score (nSPS) is 10.3. The molecule has 18 heavy (non-hydrogen) atoms. The van der Waals surface area contributed by atoms with Gasteiger partial charge in [-0.15, -0.1) is 0 Å². The number of carbonyl (C=O) groups is 1. The molecule has 1 heterocycles. The van der Waals surface area contributed by atoms with Gasteiger partial charge in [-0.2, -0.15) is 0 Å². The highest BCUT2D eigenvalue weighted by molar-refractivity contribution is 5.90. The summed E-state index contributed by atoms with van der Waals surface area (Å²) in [6.07, 6.45) is 0. The number of para-hydroxylation sites is 1. The van der Waals surface area contributed by atoms with E-state index in [-0.39, 0.29) is 28.2 Å². The van der Waals surface area contributed by atoms with Crippen LogP contribution >= 0.6 is 0 Å². The second kappa shape index (κ2) is 4.40. The lowest BCUT2D eigenvalue weighted by atomic mass is 10.2. The number of rotatable bonds is 2. The van der Waals surface area contributed by atoms with Gasteiger partial charge in [0.2, 0.25) is 5.75 Å². The highest BCUT2D eigenvalue weighted by Gasteiger charge is 2.17. The summed E-state index contributed by atoms with van der Waals surface area (Å²) in [7, 11) is 1.24. The van der Waals surface area contributed by atoms with Gasteiger partial charge in [0.25, 0.3) is 0 Å². The van der Waals surface area contributed by atoms with Crippen LogP contribution in [-0.4, -0.2) is 18.2 Å². The molecule has 0 aliphatic rings. The molecule has 1 aromatic carbocycles. The molecule has 0 bridgehead atoms. The van der Waals surface area contributed by atoms with E-state index >= 15 is 0 Å². The Morgan fingerprint density at radius 2 is 2.11 bits per heavy atom. The van der Waals surface area contributed by atoms with Crippen molar-refractivity contribution in [2.45, 2.75) is 6.92 Å². The molecule has 0 aliphatic carbocycles. The van der Waals surface area contributed by atoms with E-state index in [0.29, 0.717) is 0 Å². The third kappa shape index (κ3) is 1.88. The van der Waals surface area contributed by atoms with Crippen LogP contribution in [0.5, 0.6) is 17.2 Å². The van der Waals surface area contributed by atoms with E-state index in [1.54, 1.807) is 6.07 Å². The van der Waals surface area contributed by atoms with Crippen molar-refractivity contribution in [2.75, 3.05) is 7.11 Å². The van der Waals surface area contributed by atoms with Crippen LogP contribution in [0.25, 0.3) is 11.0 Å². The summed E-state index contributed by atoms with van der Waals surface area (Å²) in [6.45, 7) is 1.22. The fourth-order valence-corrected chi connectivity index (χ4v) is 1.58. The van der Waals surface area contributed by atoms with Crippen LogP contribution in [0.1, 0.15) is 6.92 Å². The molecule has 1 N–H and O–H groups in total. The predicted octanol–water partition coefficient (Wildman–Crippen LogP) is 1.43. The van der Waals surface area contributed by atoms with Crippen molar-refractivity contribution in [2.24, 2.45) is 0 Å². The molecule has 6 heteroatoms. The Balaban J connectivity index is 2.79. The maximum atomic E-state index is 11.5. The molecule has 2 aromatic rings. The lowest BCUT2D eigenvalue weighted by molar-refractivity contribution is -0.131. The summed E-state index contributed by atoms with van der Waals surface area (Å²) >= 11 is 0. The first kappa shape index (κ1) is 12.0. The van der Waals surface area contributed by atoms with Gasteiger partial charge in [0.15, 0.2) is 17.1 Å². The first-order valence-corrected chi connectivity index (χ1v) is 5.05. The van der Waals surface area contributed by atoms with E-state index in [0.717, 1.165) is 0 Å². The van der Waals surface area contributed by atoms with E-state index in [9.17, 15) is 14.7 Å². The maximum absolute atomic E-state index is 11.5. The number of esters is 1. The maximum Gasteiger partial charge on any atom is 0.383 e. The van der Waals surface area contributed by atoms with Gasteiger partial charge < -0.3 is 19.0 Å². The summed E-state index contributed by atoms with van der Waals surface area (Å²) in [5, 5.41) is 10.1. The van der Waals surface area contributed by atoms with Crippen molar-refractivity contribution in [3.8, 4) is 17.2 Å². The van der Waals surface area contributed by atoms with Crippen molar-refractivity contribution >= 4 is 16.9 Å². The van der Waals surface area contributed by atoms with Gasteiger partial charge in [0, 0.05) is 6.92 Å². The summed E-state index contributed by atoms with van der Waals surface area (Å²) in [6, 6.07) is 4.53. The summed E-state index contributed by atoms with van der Waals surface area (Å²) in [5.74, 6) is -1.13. The molecule has 0 unspecified atom stereocenters. The predicted molar refractivity (Wildman–Crippen MR) is 62.0 cm³/mol. The van der Waals surface area contributed by atoms with Gasteiger partial charge >= 0.3 is 11.6 Å². The largest absolute Gasteiger partial charge is 0.504 e. The first-order chi connectivity index (χ1) is 8.54. The molecule has 0 atom stereocenters. The average molecular weight is 250 g/mol. The number of carbonyl (C=O) groups excluding carboxylic acids is 1. The minimum absolute atomic E-state index is 0.00370.